The van der Waals surface area contributed by atoms with Crippen molar-refractivity contribution in [3.63, 3.8) is 0 Å². The first-order valence-electron chi connectivity index (χ1n) is 15.7. The fraction of sp³-hybridized carbons (Fsp3) is 0.559. The highest BCUT2D eigenvalue weighted by molar-refractivity contribution is 6.30. The predicted octanol–water partition coefficient (Wildman–Crippen LogP) is 5.74. The summed E-state index contributed by atoms with van der Waals surface area (Å²) >= 11 is 6.03. The molecule has 1 aromatic heterocycles. The van der Waals surface area contributed by atoms with E-state index in [1.807, 2.05) is 42.5 Å². The molecule has 0 radical (unpaired) electrons. The number of hydrogen-bond acceptors (Lipinski definition) is 5. The van der Waals surface area contributed by atoms with E-state index in [9.17, 15) is 9.90 Å². The van der Waals surface area contributed by atoms with E-state index in [-0.39, 0.29) is 18.2 Å². The zero-order chi connectivity index (χ0) is 30.9. The van der Waals surface area contributed by atoms with Crippen LogP contribution in [0, 0.1) is 17.3 Å². The second kappa shape index (κ2) is 13.0. The van der Waals surface area contributed by atoms with Gasteiger partial charge in [0.05, 0.1) is 35.9 Å². The maximum atomic E-state index is 13.5. The predicted molar refractivity (Wildman–Crippen MR) is 177 cm³/mol. The van der Waals surface area contributed by atoms with E-state index in [1.165, 1.54) is 4.57 Å². The van der Waals surface area contributed by atoms with Gasteiger partial charge in [-0.2, -0.15) is 0 Å². The number of rotatable bonds is 6. The lowest BCUT2D eigenvalue weighted by Gasteiger charge is -2.44. The van der Waals surface area contributed by atoms with Gasteiger partial charge in [-0.1, -0.05) is 51.4 Å². The number of hydrogen-bond donors (Lipinski definition) is 3. The number of guanidine groups is 1. The van der Waals surface area contributed by atoms with E-state index in [1.54, 1.807) is 6.33 Å². The van der Waals surface area contributed by atoms with Crippen LogP contribution in [0.4, 0.5) is 5.69 Å². The van der Waals surface area contributed by atoms with Crippen LogP contribution in [0.2, 0.25) is 5.02 Å². The molecule has 5 rings (SSSR count). The molecule has 1 saturated carbocycles. The molecule has 2 heterocycles. The highest BCUT2D eigenvalue weighted by Gasteiger charge is 2.38. The van der Waals surface area contributed by atoms with E-state index < -0.39 is 6.04 Å². The zero-order valence-electron chi connectivity index (χ0n) is 26.3. The lowest BCUT2D eigenvalue weighted by molar-refractivity contribution is 0.0978. The Morgan fingerprint density at radius 1 is 1.14 bits per heavy atom. The van der Waals surface area contributed by atoms with Crippen molar-refractivity contribution >= 4 is 34.2 Å². The van der Waals surface area contributed by atoms with Gasteiger partial charge >= 0.3 is 0 Å². The summed E-state index contributed by atoms with van der Waals surface area (Å²) in [5, 5.41) is 18.6. The van der Waals surface area contributed by atoms with Gasteiger partial charge in [0.25, 0.3) is 5.56 Å². The maximum absolute atomic E-state index is 13.5. The van der Waals surface area contributed by atoms with Crippen molar-refractivity contribution in [2.45, 2.75) is 85.0 Å². The Bertz CT molecular complexity index is 1490. The summed E-state index contributed by atoms with van der Waals surface area (Å²) in [6.07, 6.45) is 4.27. The number of aliphatic hydroxyl groups excluding tert-OH is 1. The number of piperazine rings is 1. The number of aliphatic imine (C=N–C) groups is 1. The van der Waals surface area contributed by atoms with Crippen molar-refractivity contribution in [2.75, 3.05) is 25.0 Å². The Morgan fingerprint density at radius 3 is 2.51 bits per heavy atom. The molecule has 1 unspecified atom stereocenters. The molecule has 43 heavy (non-hydrogen) atoms. The van der Waals surface area contributed by atoms with E-state index in [2.05, 4.69) is 62.1 Å². The number of benzene rings is 2. The third kappa shape index (κ3) is 7.24. The van der Waals surface area contributed by atoms with Crippen LogP contribution in [0.1, 0.15) is 66.0 Å². The highest BCUT2D eigenvalue weighted by atomic mass is 35.5. The molecule has 232 valence electrons. The minimum Gasteiger partial charge on any atom is -0.394 e. The molecule has 9 heteroatoms. The standard InChI is InChI=1S/C34H47ClN6O2/c1-21-16-34(5,6)22(2)13-30(21)39-33(40-17-23(3)37-24(4)18-40)38-27-11-12-29-31(15-27)36-20-41(32(29)43)28(19-42)14-25-7-9-26(35)10-8-25/h7-12,15,20-24,28,30,37,42H,13-14,16-19H2,1-6H3,(H,38,39)/t21-,22+,23-,24+,28-,30?/m0/s1. The summed E-state index contributed by atoms with van der Waals surface area (Å²) in [6, 6.07) is 13.7. The Balaban J connectivity index is 1.43. The summed E-state index contributed by atoms with van der Waals surface area (Å²) < 4.78 is 1.54. The van der Waals surface area contributed by atoms with Crippen LogP contribution >= 0.6 is 11.6 Å². The molecule has 0 amide bonds. The number of anilines is 1. The van der Waals surface area contributed by atoms with Crippen LogP contribution < -0.4 is 16.2 Å². The van der Waals surface area contributed by atoms with Gasteiger partial charge in [-0.15, -0.1) is 0 Å². The first-order valence-corrected chi connectivity index (χ1v) is 16.0. The molecule has 1 aliphatic carbocycles. The smallest absolute Gasteiger partial charge is 0.261 e. The van der Waals surface area contributed by atoms with Crippen molar-refractivity contribution in [1.82, 2.24) is 19.8 Å². The summed E-state index contributed by atoms with van der Waals surface area (Å²) in [4.78, 5) is 25.9. The monoisotopic (exact) mass is 606 g/mol. The van der Waals surface area contributed by atoms with Gasteiger partial charge < -0.3 is 20.6 Å². The molecule has 3 aromatic rings. The minimum atomic E-state index is -0.427. The van der Waals surface area contributed by atoms with Gasteiger partial charge in [-0.25, -0.2) is 9.98 Å². The lowest BCUT2D eigenvalue weighted by Crippen LogP contribution is -2.57. The molecule has 8 nitrogen and oxygen atoms in total. The summed E-state index contributed by atoms with van der Waals surface area (Å²) in [5.41, 5.74) is 2.60. The van der Waals surface area contributed by atoms with Gasteiger partial charge in [0, 0.05) is 35.9 Å². The number of fused-ring (bicyclic) bond motifs is 1. The molecule has 2 fully saturated rings. The van der Waals surface area contributed by atoms with Crippen LogP contribution in [0.25, 0.3) is 10.9 Å². The molecule has 1 saturated heterocycles. The molecular weight excluding hydrogens is 560 g/mol. The van der Waals surface area contributed by atoms with Gasteiger partial charge in [0.15, 0.2) is 5.96 Å². The van der Waals surface area contributed by atoms with Crippen molar-refractivity contribution in [2.24, 2.45) is 22.2 Å². The van der Waals surface area contributed by atoms with Gasteiger partial charge in [-0.05, 0) is 86.3 Å². The SMILES string of the molecule is C[C@@H]1CN(C(=NC2C[C@@H](C)C(C)(C)C[C@@H]2C)Nc2ccc3c(=O)n([C@H](CO)Cc4ccc(Cl)cc4)cnc3c2)C[C@H](C)N1. The average Bonchev–Trinajstić information content (AvgIpc) is 2.95. The van der Waals surface area contributed by atoms with Gasteiger partial charge in [0.1, 0.15) is 0 Å². The largest absolute Gasteiger partial charge is 0.394 e. The summed E-state index contributed by atoms with van der Waals surface area (Å²) in [6.45, 7) is 15.4. The third-order valence-electron chi connectivity index (χ3n) is 9.61. The average molecular weight is 607 g/mol. The second-order valence-electron chi connectivity index (χ2n) is 13.7. The third-order valence-corrected chi connectivity index (χ3v) is 9.86. The second-order valence-corrected chi connectivity index (χ2v) is 14.1. The van der Waals surface area contributed by atoms with Crippen LogP contribution in [0.5, 0.6) is 0 Å². The van der Waals surface area contributed by atoms with Gasteiger partial charge in [0.2, 0.25) is 0 Å². The van der Waals surface area contributed by atoms with Crippen molar-refractivity contribution in [3.8, 4) is 0 Å². The molecule has 6 atom stereocenters. The quantitative estimate of drug-likeness (QED) is 0.245. The maximum Gasteiger partial charge on any atom is 0.261 e. The Hall–Kier alpha value is -2.94. The molecular formula is C34H47ClN6O2. The fourth-order valence-electron chi connectivity index (χ4n) is 6.86. The van der Waals surface area contributed by atoms with Crippen molar-refractivity contribution < 1.29 is 5.11 Å². The molecule has 1 aliphatic heterocycles. The topological polar surface area (TPSA) is 94.8 Å². The van der Waals surface area contributed by atoms with Crippen LogP contribution in [-0.4, -0.2) is 63.3 Å². The van der Waals surface area contributed by atoms with E-state index in [0.29, 0.717) is 51.7 Å². The summed E-state index contributed by atoms with van der Waals surface area (Å²) in [5.74, 6) is 1.97. The van der Waals surface area contributed by atoms with E-state index in [0.717, 1.165) is 43.1 Å². The van der Waals surface area contributed by atoms with Crippen LogP contribution in [-0.2, 0) is 6.42 Å². The zero-order valence-corrected chi connectivity index (χ0v) is 27.1. The van der Waals surface area contributed by atoms with E-state index in [4.69, 9.17) is 16.6 Å². The molecule has 2 aromatic carbocycles. The number of aromatic nitrogens is 2. The normalized spacial score (nSPS) is 26.8. The number of aliphatic hydroxyl groups is 1. The molecule has 0 spiro atoms. The first kappa shape index (κ1) is 31.5. The molecule has 2 aliphatic rings. The van der Waals surface area contributed by atoms with Crippen LogP contribution in [0.15, 0.2) is 58.6 Å². The lowest BCUT2D eigenvalue weighted by atomic mass is 9.64. The molecule has 3 N–H and O–H groups in total. The minimum absolute atomic E-state index is 0.171. The Morgan fingerprint density at radius 2 is 1.84 bits per heavy atom. The number of halogens is 1. The van der Waals surface area contributed by atoms with Crippen molar-refractivity contribution in [1.29, 1.82) is 0 Å². The highest BCUT2D eigenvalue weighted by Crippen LogP contribution is 2.44. The number of nitrogens with one attached hydrogen (secondary N) is 2. The van der Waals surface area contributed by atoms with Crippen LogP contribution in [0.3, 0.4) is 0 Å². The Labute approximate surface area is 260 Å². The Kier molecular flexibility index (Phi) is 9.49. The first-order chi connectivity index (χ1) is 20.4. The van der Waals surface area contributed by atoms with Gasteiger partial charge in [-0.3, -0.25) is 9.36 Å². The summed E-state index contributed by atoms with van der Waals surface area (Å²) in [7, 11) is 0. The fourth-order valence-corrected chi connectivity index (χ4v) is 6.98. The van der Waals surface area contributed by atoms with E-state index >= 15 is 0 Å². The number of nitrogens with zero attached hydrogens (tertiary/aromatic N) is 4. The van der Waals surface area contributed by atoms with Crippen molar-refractivity contribution in [3.05, 3.63) is 69.7 Å². The molecule has 0 bridgehead atoms.